The molecule has 0 radical (unpaired) electrons. The van der Waals surface area contributed by atoms with Crippen molar-refractivity contribution in [2.45, 2.75) is 25.3 Å². The largest absolute Gasteiger partial charge is 0.331 e. The van der Waals surface area contributed by atoms with Crippen LogP contribution in [-0.4, -0.2) is 9.55 Å². The second-order valence-electron chi connectivity index (χ2n) is 5.29. The minimum absolute atomic E-state index is 0.116. The van der Waals surface area contributed by atoms with E-state index in [4.69, 9.17) is 23.8 Å². The molecule has 4 rings (SSSR count). The fourth-order valence-corrected chi connectivity index (χ4v) is 4.64. The molecule has 0 bridgehead atoms. The van der Waals surface area contributed by atoms with Gasteiger partial charge in [-0.3, -0.25) is 0 Å². The minimum Gasteiger partial charge on any atom is -0.331 e. The van der Waals surface area contributed by atoms with Crippen LogP contribution in [0.5, 0.6) is 0 Å². The summed E-state index contributed by atoms with van der Waals surface area (Å²) in [7, 11) is 0. The monoisotopic (exact) mass is 338 g/mol. The molecule has 0 spiro atoms. The van der Waals surface area contributed by atoms with Crippen LogP contribution in [0.2, 0.25) is 5.02 Å². The summed E-state index contributed by atoms with van der Waals surface area (Å²) in [6.07, 6.45) is 3.28. The molecule has 1 atom stereocenters. The Morgan fingerprint density at radius 1 is 1.43 bits per heavy atom. The van der Waals surface area contributed by atoms with E-state index < -0.39 is 5.82 Å². The Hall–Kier alpha value is -1.17. The second-order valence-corrected chi connectivity index (χ2v) is 7.09. The van der Waals surface area contributed by atoms with E-state index in [1.807, 2.05) is 4.57 Å². The normalized spacial score (nSPS) is 18.1. The summed E-state index contributed by atoms with van der Waals surface area (Å²) in [6.45, 7) is 0. The van der Waals surface area contributed by atoms with Gasteiger partial charge >= 0.3 is 0 Å². The van der Waals surface area contributed by atoms with E-state index in [0.717, 1.165) is 30.3 Å². The number of nitrogens with one attached hydrogen (secondary N) is 1. The molecular formula is C15H12ClFN2S2. The standard InChI is InChI=1S/C15H12ClFN2S2/c16-9-6-11-13(7-10(9)17)19(15(20)18-11)12-2-1-3-14-8(12)4-5-21-14/h4-7,12H,1-3H2,(H,18,20). The van der Waals surface area contributed by atoms with E-state index in [1.165, 1.54) is 16.5 Å². The maximum Gasteiger partial charge on any atom is 0.178 e. The Labute approximate surface area is 135 Å². The lowest BCUT2D eigenvalue weighted by atomic mass is 9.94. The van der Waals surface area contributed by atoms with Crippen molar-refractivity contribution < 1.29 is 4.39 Å². The first-order chi connectivity index (χ1) is 10.1. The molecule has 21 heavy (non-hydrogen) atoms. The molecule has 1 aliphatic carbocycles. The van der Waals surface area contributed by atoms with Crippen LogP contribution in [0, 0.1) is 10.6 Å². The van der Waals surface area contributed by atoms with E-state index in [9.17, 15) is 4.39 Å². The van der Waals surface area contributed by atoms with Gasteiger partial charge in [-0.1, -0.05) is 11.6 Å². The van der Waals surface area contributed by atoms with Crippen LogP contribution in [-0.2, 0) is 6.42 Å². The first-order valence-corrected chi connectivity index (χ1v) is 8.47. The summed E-state index contributed by atoms with van der Waals surface area (Å²) in [5.41, 5.74) is 2.89. The van der Waals surface area contributed by atoms with E-state index in [2.05, 4.69) is 16.4 Å². The Morgan fingerprint density at radius 2 is 2.29 bits per heavy atom. The summed E-state index contributed by atoms with van der Waals surface area (Å²) in [5, 5.41) is 2.24. The Morgan fingerprint density at radius 3 is 3.14 bits per heavy atom. The molecule has 2 aromatic heterocycles. The highest BCUT2D eigenvalue weighted by Crippen LogP contribution is 2.38. The number of H-pyrrole nitrogens is 1. The molecule has 1 aliphatic rings. The number of benzene rings is 1. The maximum atomic E-state index is 13.8. The van der Waals surface area contributed by atoms with Crippen LogP contribution in [0.25, 0.3) is 11.0 Å². The van der Waals surface area contributed by atoms with Gasteiger partial charge in [-0.2, -0.15) is 0 Å². The van der Waals surface area contributed by atoms with Gasteiger partial charge in [0.15, 0.2) is 4.77 Å². The van der Waals surface area contributed by atoms with Gasteiger partial charge in [0, 0.05) is 10.9 Å². The van der Waals surface area contributed by atoms with Crippen molar-refractivity contribution in [2.24, 2.45) is 0 Å². The molecule has 2 heterocycles. The number of aromatic nitrogens is 2. The summed E-state index contributed by atoms with van der Waals surface area (Å²) >= 11 is 13.1. The lowest BCUT2D eigenvalue weighted by Gasteiger charge is -2.24. The van der Waals surface area contributed by atoms with Gasteiger partial charge in [0.25, 0.3) is 0 Å². The van der Waals surface area contributed by atoms with Crippen molar-refractivity contribution in [1.29, 1.82) is 0 Å². The van der Waals surface area contributed by atoms with Gasteiger partial charge in [-0.05, 0) is 54.6 Å². The number of thiophene rings is 1. The SMILES string of the molecule is Fc1cc2c(cc1Cl)[nH]c(=S)n2C1CCCc2sccc21. The summed E-state index contributed by atoms with van der Waals surface area (Å²) in [4.78, 5) is 4.56. The quantitative estimate of drug-likeness (QED) is 0.583. The average molecular weight is 339 g/mol. The minimum atomic E-state index is -0.409. The number of fused-ring (bicyclic) bond motifs is 2. The zero-order chi connectivity index (χ0) is 14.6. The lowest BCUT2D eigenvalue weighted by molar-refractivity contribution is 0.500. The number of aromatic amines is 1. The van der Waals surface area contributed by atoms with E-state index >= 15 is 0 Å². The third kappa shape index (κ3) is 2.06. The molecular weight excluding hydrogens is 327 g/mol. The number of imidazole rings is 1. The van der Waals surface area contributed by atoms with Gasteiger partial charge in [-0.25, -0.2) is 4.39 Å². The van der Waals surface area contributed by atoms with Crippen LogP contribution >= 0.6 is 35.2 Å². The summed E-state index contributed by atoms with van der Waals surface area (Å²) < 4.78 is 16.5. The highest BCUT2D eigenvalue weighted by atomic mass is 35.5. The molecule has 0 aliphatic heterocycles. The highest BCUT2D eigenvalue weighted by molar-refractivity contribution is 7.71. The zero-order valence-electron chi connectivity index (χ0n) is 11.0. The summed E-state index contributed by atoms with van der Waals surface area (Å²) in [6, 6.07) is 5.43. The molecule has 6 heteroatoms. The number of hydrogen-bond donors (Lipinski definition) is 1. The van der Waals surface area contributed by atoms with Gasteiger partial charge in [-0.15, -0.1) is 11.3 Å². The smallest absolute Gasteiger partial charge is 0.178 e. The molecule has 0 saturated carbocycles. The number of nitrogens with zero attached hydrogens (tertiary/aromatic N) is 1. The second kappa shape index (κ2) is 4.93. The zero-order valence-corrected chi connectivity index (χ0v) is 13.4. The van der Waals surface area contributed by atoms with E-state index in [1.54, 1.807) is 17.4 Å². The van der Waals surface area contributed by atoms with Gasteiger partial charge in [0.2, 0.25) is 0 Å². The van der Waals surface area contributed by atoms with Crippen molar-refractivity contribution in [3.63, 3.8) is 0 Å². The molecule has 1 aromatic carbocycles. The number of hydrogen-bond acceptors (Lipinski definition) is 2. The topological polar surface area (TPSA) is 20.7 Å². The number of aryl methyl sites for hydroxylation is 1. The third-order valence-corrected chi connectivity index (χ3v) is 5.68. The van der Waals surface area contributed by atoms with Crippen LogP contribution in [0.4, 0.5) is 4.39 Å². The number of rotatable bonds is 1. The van der Waals surface area contributed by atoms with Crippen LogP contribution < -0.4 is 0 Å². The Bertz CT molecular complexity index is 893. The molecule has 108 valence electrons. The predicted molar refractivity (Wildman–Crippen MR) is 87.5 cm³/mol. The first kappa shape index (κ1) is 13.5. The van der Waals surface area contributed by atoms with Crippen molar-refractivity contribution in [3.05, 3.63) is 49.6 Å². The highest BCUT2D eigenvalue weighted by Gasteiger charge is 2.25. The average Bonchev–Trinajstić information content (AvgIpc) is 3.03. The lowest BCUT2D eigenvalue weighted by Crippen LogP contribution is -2.15. The molecule has 2 nitrogen and oxygen atoms in total. The molecule has 1 unspecified atom stereocenters. The van der Waals surface area contributed by atoms with Crippen LogP contribution in [0.3, 0.4) is 0 Å². The maximum absolute atomic E-state index is 13.8. The van der Waals surface area contributed by atoms with Gasteiger partial charge in [0.1, 0.15) is 5.82 Å². The summed E-state index contributed by atoms with van der Waals surface area (Å²) in [5.74, 6) is -0.409. The Kier molecular flexibility index (Phi) is 3.17. The van der Waals surface area contributed by atoms with Crippen molar-refractivity contribution in [1.82, 2.24) is 9.55 Å². The van der Waals surface area contributed by atoms with E-state index in [0.29, 0.717) is 4.77 Å². The van der Waals surface area contributed by atoms with Crippen molar-refractivity contribution >= 4 is 46.2 Å². The molecule has 0 fully saturated rings. The van der Waals surface area contributed by atoms with Crippen LogP contribution in [0.1, 0.15) is 29.3 Å². The van der Waals surface area contributed by atoms with Crippen molar-refractivity contribution in [2.75, 3.05) is 0 Å². The fraction of sp³-hybridized carbons (Fsp3) is 0.267. The predicted octanol–water partition coefficient (Wildman–Crippen LogP) is 5.48. The fourth-order valence-electron chi connectivity index (χ4n) is 3.16. The molecule has 0 amide bonds. The van der Waals surface area contributed by atoms with Gasteiger partial charge < -0.3 is 9.55 Å². The first-order valence-electron chi connectivity index (χ1n) is 6.80. The molecule has 1 N–H and O–H groups in total. The van der Waals surface area contributed by atoms with Crippen molar-refractivity contribution in [3.8, 4) is 0 Å². The van der Waals surface area contributed by atoms with E-state index in [-0.39, 0.29) is 11.1 Å². The van der Waals surface area contributed by atoms with Crippen LogP contribution in [0.15, 0.2) is 23.6 Å². The van der Waals surface area contributed by atoms with Gasteiger partial charge in [0.05, 0.1) is 22.1 Å². The molecule has 3 aromatic rings. The molecule has 0 saturated heterocycles. The third-order valence-electron chi connectivity index (χ3n) is 4.09. The Balaban J connectivity index is 1.98. The number of halogens is 2.